The first kappa shape index (κ1) is 36.1. The maximum Gasteiger partial charge on any atom is 0.0714 e. The number of benzene rings is 9. The molecule has 0 unspecified atom stereocenters. The van der Waals surface area contributed by atoms with E-state index in [2.05, 4.69) is 239 Å². The Morgan fingerprint density at radius 2 is 0.917 bits per heavy atom. The van der Waals surface area contributed by atoms with E-state index in [1.807, 2.05) is 0 Å². The van der Waals surface area contributed by atoms with Crippen LogP contribution in [0.3, 0.4) is 0 Å². The van der Waals surface area contributed by atoms with E-state index in [4.69, 9.17) is 0 Å². The summed E-state index contributed by atoms with van der Waals surface area (Å²) in [7, 11) is 0. The molecule has 2 aliphatic carbocycles. The Hall–Kier alpha value is -6.96. The highest BCUT2D eigenvalue weighted by Crippen LogP contribution is 2.58. The molecule has 9 aromatic carbocycles. The summed E-state index contributed by atoms with van der Waals surface area (Å²) in [4.78, 5) is 2.55. The van der Waals surface area contributed by atoms with Gasteiger partial charge in [-0.05, 0) is 125 Å². The molecule has 0 radical (unpaired) electrons. The fourth-order valence-electron chi connectivity index (χ4n) is 10.7. The predicted octanol–water partition coefficient (Wildman–Crippen LogP) is 15.8. The van der Waals surface area contributed by atoms with Gasteiger partial charge in [0.2, 0.25) is 0 Å². The summed E-state index contributed by atoms with van der Waals surface area (Å²) in [5, 5.41) is 2.53. The highest BCUT2D eigenvalue weighted by Gasteiger charge is 2.46. The van der Waals surface area contributed by atoms with Gasteiger partial charge in [-0.25, -0.2) is 0 Å². The zero-order valence-electron chi connectivity index (χ0n) is 34.7. The summed E-state index contributed by atoms with van der Waals surface area (Å²) in [5.74, 6) is 0.263. The van der Waals surface area contributed by atoms with Crippen molar-refractivity contribution in [3.8, 4) is 33.4 Å². The van der Waals surface area contributed by atoms with Crippen LogP contribution in [0.1, 0.15) is 72.6 Å². The second kappa shape index (κ2) is 13.8. The molecule has 11 rings (SSSR count). The largest absolute Gasteiger partial charge is 0.310 e. The van der Waals surface area contributed by atoms with Crippen LogP contribution in [0.15, 0.2) is 206 Å². The fraction of sp³-hybridized carbons (Fsp3) is 0.119. The third-order valence-corrected chi connectivity index (χ3v) is 13.5. The predicted molar refractivity (Wildman–Crippen MR) is 253 cm³/mol. The summed E-state index contributed by atoms with van der Waals surface area (Å²) < 4.78 is 0. The molecule has 1 nitrogen and oxygen atoms in total. The number of hydrogen-bond acceptors (Lipinski definition) is 1. The minimum absolute atomic E-state index is 0.137. The zero-order chi connectivity index (χ0) is 40.6. The molecule has 0 saturated heterocycles. The van der Waals surface area contributed by atoms with Crippen LogP contribution in [0.25, 0.3) is 44.2 Å². The van der Waals surface area contributed by atoms with Crippen LogP contribution in [0.5, 0.6) is 0 Å². The quantitative estimate of drug-likeness (QED) is 0.156. The van der Waals surface area contributed by atoms with Crippen LogP contribution < -0.4 is 4.90 Å². The minimum atomic E-state index is -0.503. The minimum Gasteiger partial charge on any atom is -0.310 e. The first-order chi connectivity index (χ1) is 29.4. The molecule has 9 aromatic rings. The second-order valence-corrected chi connectivity index (χ2v) is 17.4. The number of anilines is 3. The van der Waals surface area contributed by atoms with Gasteiger partial charge in [0, 0.05) is 22.5 Å². The Morgan fingerprint density at radius 1 is 0.400 bits per heavy atom. The molecule has 0 bridgehead atoms. The standard InChI is InChI=1S/C59H47N/c1-39(2)52-36-41(47-27-17-19-40-18-11-12-24-46(40)47)30-35-57(52)60(44-31-33-50-48-25-13-15-28-53(48)58(3,4)55(50)37-44)45-32-34-51-49-26-14-16-29-54(49)59(56(51)38-45,42-20-7-5-8-21-42)43-22-9-6-10-23-43/h5-39H,1-4H3. The molecule has 0 aliphatic heterocycles. The van der Waals surface area contributed by atoms with E-state index in [0.29, 0.717) is 0 Å². The Balaban J connectivity index is 1.18. The highest BCUT2D eigenvalue weighted by molar-refractivity contribution is 5.98. The Bertz CT molecular complexity index is 3050. The van der Waals surface area contributed by atoms with E-state index in [1.54, 1.807) is 0 Å². The number of nitrogens with zero attached hydrogens (tertiary/aromatic N) is 1. The van der Waals surface area contributed by atoms with Gasteiger partial charge in [-0.3, -0.25) is 0 Å². The van der Waals surface area contributed by atoms with Gasteiger partial charge in [0.05, 0.1) is 5.41 Å². The van der Waals surface area contributed by atoms with Crippen molar-refractivity contribution in [2.24, 2.45) is 0 Å². The lowest BCUT2D eigenvalue weighted by Gasteiger charge is -2.35. The van der Waals surface area contributed by atoms with Gasteiger partial charge in [-0.15, -0.1) is 0 Å². The van der Waals surface area contributed by atoms with E-state index < -0.39 is 5.41 Å². The number of rotatable bonds is 7. The molecule has 288 valence electrons. The van der Waals surface area contributed by atoms with E-state index >= 15 is 0 Å². The molecule has 0 atom stereocenters. The molecular formula is C59H47N. The lowest BCUT2D eigenvalue weighted by Crippen LogP contribution is -2.28. The second-order valence-electron chi connectivity index (χ2n) is 17.4. The SMILES string of the molecule is CC(C)c1cc(-c2cccc3ccccc23)ccc1N(c1ccc2c(c1)C(C)(C)c1ccccc1-2)c1ccc2c(c1)C(c1ccccc1)(c1ccccc1)c1ccccc1-2. The lowest BCUT2D eigenvalue weighted by atomic mass is 9.67. The molecule has 60 heavy (non-hydrogen) atoms. The average molecular weight is 770 g/mol. The van der Waals surface area contributed by atoms with Crippen LogP contribution in [-0.4, -0.2) is 0 Å². The van der Waals surface area contributed by atoms with Crippen LogP contribution in [-0.2, 0) is 10.8 Å². The lowest BCUT2D eigenvalue weighted by molar-refractivity contribution is 0.660. The molecular weight excluding hydrogens is 723 g/mol. The van der Waals surface area contributed by atoms with Gasteiger partial charge in [0.15, 0.2) is 0 Å². The summed E-state index contributed by atoms with van der Waals surface area (Å²) in [6.07, 6.45) is 0. The molecule has 0 aromatic heterocycles. The monoisotopic (exact) mass is 769 g/mol. The fourth-order valence-corrected chi connectivity index (χ4v) is 10.7. The summed E-state index contributed by atoms with van der Waals surface area (Å²) in [6.45, 7) is 9.43. The third kappa shape index (κ3) is 5.32. The third-order valence-electron chi connectivity index (χ3n) is 13.5. The van der Waals surface area contributed by atoms with Crippen LogP contribution >= 0.6 is 0 Å². The van der Waals surface area contributed by atoms with E-state index in [0.717, 1.165) is 11.4 Å². The maximum absolute atomic E-state index is 2.55. The Labute approximate surface area is 354 Å². The van der Waals surface area contributed by atoms with Crippen molar-refractivity contribution in [2.75, 3.05) is 4.90 Å². The van der Waals surface area contributed by atoms with Crippen LogP contribution in [0.4, 0.5) is 17.1 Å². The molecule has 2 aliphatic rings. The summed E-state index contributed by atoms with van der Waals surface area (Å²) in [6, 6.07) is 77.3. The first-order valence-corrected chi connectivity index (χ1v) is 21.4. The van der Waals surface area contributed by atoms with Gasteiger partial charge in [0.1, 0.15) is 0 Å². The van der Waals surface area contributed by atoms with Crippen molar-refractivity contribution in [1.82, 2.24) is 0 Å². The van der Waals surface area contributed by atoms with Crippen molar-refractivity contribution >= 4 is 27.8 Å². The van der Waals surface area contributed by atoms with Gasteiger partial charge in [0.25, 0.3) is 0 Å². The number of fused-ring (bicyclic) bond motifs is 7. The Kier molecular flexibility index (Phi) is 8.33. The zero-order valence-corrected chi connectivity index (χ0v) is 34.7. The van der Waals surface area contributed by atoms with Gasteiger partial charge in [-0.2, -0.15) is 0 Å². The number of hydrogen-bond donors (Lipinski definition) is 0. The normalized spacial score (nSPS) is 14.1. The maximum atomic E-state index is 2.55. The molecule has 0 fully saturated rings. The van der Waals surface area contributed by atoms with Gasteiger partial charge < -0.3 is 4.90 Å². The van der Waals surface area contributed by atoms with Crippen molar-refractivity contribution < 1.29 is 0 Å². The van der Waals surface area contributed by atoms with E-state index in [-0.39, 0.29) is 11.3 Å². The van der Waals surface area contributed by atoms with E-state index in [1.165, 1.54) is 88.8 Å². The van der Waals surface area contributed by atoms with Crippen molar-refractivity contribution in [3.63, 3.8) is 0 Å². The summed E-state index contributed by atoms with van der Waals surface area (Å²) in [5.41, 5.74) is 19.8. The molecule has 1 heteroatoms. The topological polar surface area (TPSA) is 3.24 Å². The molecule has 0 spiro atoms. The highest BCUT2D eigenvalue weighted by atomic mass is 15.1. The first-order valence-electron chi connectivity index (χ1n) is 21.4. The smallest absolute Gasteiger partial charge is 0.0714 e. The average Bonchev–Trinajstić information content (AvgIpc) is 3.72. The van der Waals surface area contributed by atoms with Crippen molar-refractivity contribution in [3.05, 3.63) is 245 Å². The molecule has 0 N–H and O–H groups in total. The Morgan fingerprint density at radius 3 is 1.60 bits per heavy atom. The van der Waals surface area contributed by atoms with Gasteiger partial charge >= 0.3 is 0 Å². The van der Waals surface area contributed by atoms with Crippen molar-refractivity contribution in [1.29, 1.82) is 0 Å². The van der Waals surface area contributed by atoms with Gasteiger partial charge in [-0.1, -0.05) is 198 Å². The van der Waals surface area contributed by atoms with Crippen LogP contribution in [0.2, 0.25) is 0 Å². The molecule has 0 saturated carbocycles. The van der Waals surface area contributed by atoms with E-state index in [9.17, 15) is 0 Å². The van der Waals surface area contributed by atoms with Crippen LogP contribution in [0, 0.1) is 0 Å². The summed E-state index contributed by atoms with van der Waals surface area (Å²) >= 11 is 0. The van der Waals surface area contributed by atoms with Crippen molar-refractivity contribution in [2.45, 2.75) is 44.4 Å². The molecule has 0 heterocycles. The molecule has 0 amide bonds.